The third-order valence-electron chi connectivity index (χ3n) is 5.63. The number of carbonyl (C=O) groups is 1. The first kappa shape index (κ1) is 21.7. The number of hydrogen-bond donors (Lipinski definition) is 2. The Morgan fingerprint density at radius 3 is 2.62 bits per heavy atom. The fourth-order valence-corrected chi connectivity index (χ4v) is 4.19. The number of allylic oxidation sites excluding steroid dienone is 1. The second-order valence-corrected chi connectivity index (χ2v) is 8.24. The number of carbonyl (C=O) groups excluding carboxylic acids is 1. The maximum Gasteiger partial charge on any atom is 0.255 e. The molecule has 0 radical (unpaired) electrons. The van der Waals surface area contributed by atoms with E-state index in [0.29, 0.717) is 40.3 Å². The molecule has 0 saturated carbocycles. The van der Waals surface area contributed by atoms with Gasteiger partial charge >= 0.3 is 0 Å². The van der Waals surface area contributed by atoms with Crippen molar-refractivity contribution in [1.29, 1.82) is 0 Å². The summed E-state index contributed by atoms with van der Waals surface area (Å²) in [5.41, 5.74) is 3.59. The van der Waals surface area contributed by atoms with Crippen molar-refractivity contribution < 1.29 is 9.53 Å². The van der Waals surface area contributed by atoms with E-state index in [-0.39, 0.29) is 5.91 Å². The molecular formula is C26H22ClN5O2. The lowest BCUT2D eigenvalue weighted by Gasteiger charge is -2.29. The monoisotopic (exact) mass is 471 g/mol. The molecule has 0 spiro atoms. The Hall–Kier alpha value is -4.10. The van der Waals surface area contributed by atoms with Crippen LogP contribution in [0.5, 0.6) is 5.75 Å². The van der Waals surface area contributed by atoms with Gasteiger partial charge in [0.2, 0.25) is 5.95 Å². The van der Waals surface area contributed by atoms with E-state index >= 15 is 0 Å². The zero-order chi connectivity index (χ0) is 23.5. The summed E-state index contributed by atoms with van der Waals surface area (Å²) in [6.07, 6.45) is 1.47. The summed E-state index contributed by atoms with van der Waals surface area (Å²) in [4.78, 5) is 17.8. The van der Waals surface area contributed by atoms with Crippen molar-refractivity contribution in [3.8, 4) is 5.75 Å². The first-order valence-electron chi connectivity index (χ1n) is 10.8. The fraction of sp³-hybridized carbons (Fsp3) is 0.115. The van der Waals surface area contributed by atoms with E-state index in [1.165, 1.54) is 6.33 Å². The zero-order valence-corrected chi connectivity index (χ0v) is 19.2. The van der Waals surface area contributed by atoms with Crippen LogP contribution in [-0.4, -0.2) is 20.7 Å². The van der Waals surface area contributed by atoms with Crippen LogP contribution >= 0.6 is 11.6 Å². The zero-order valence-electron chi connectivity index (χ0n) is 18.4. The number of anilines is 2. The smallest absolute Gasteiger partial charge is 0.255 e. The van der Waals surface area contributed by atoms with E-state index in [1.54, 1.807) is 4.68 Å². The Bertz CT molecular complexity index is 1370. The summed E-state index contributed by atoms with van der Waals surface area (Å²) >= 11 is 6.32. The number of aromatic nitrogens is 3. The van der Waals surface area contributed by atoms with Crippen molar-refractivity contribution in [3.63, 3.8) is 0 Å². The van der Waals surface area contributed by atoms with Crippen LogP contribution in [0.25, 0.3) is 0 Å². The van der Waals surface area contributed by atoms with Crippen LogP contribution in [0.15, 0.2) is 96.5 Å². The maximum atomic E-state index is 13.5. The van der Waals surface area contributed by atoms with Crippen LogP contribution in [-0.2, 0) is 11.4 Å². The molecule has 5 rings (SSSR count). The van der Waals surface area contributed by atoms with E-state index in [1.807, 2.05) is 85.8 Å². The van der Waals surface area contributed by atoms with Gasteiger partial charge in [0.05, 0.1) is 5.57 Å². The molecule has 4 aromatic rings. The van der Waals surface area contributed by atoms with Gasteiger partial charge in [-0.2, -0.15) is 10.1 Å². The van der Waals surface area contributed by atoms with Crippen LogP contribution in [0, 0.1) is 0 Å². The average molecular weight is 472 g/mol. The Balaban J connectivity index is 1.53. The number of nitrogens with one attached hydrogen (secondary N) is 2. The summed E-state index contributed by atoms with van der Waals surface area (Å²) in [5.74, 6) is 0.955. The number of amides is 1. The molecule has 1 aliphatic heterocycles. The van der Waals surface area contributed by atoms with Gasteiger partial charge in [-0.3, -0.25) is 4.79 Å². The van der Waals surface area contributed by atoms with Crippen molar-refractivity contribution >= 4 is 29.1 Å². The number of benzene rings is 3. The quantitative estimate of drug-likeness (QED) is 0.391. The Morgan fingerprint density at radius 2 is 1.79 bits per heavy atom. The number of hydrogen-bond acceptors (Lipinski definition) is 5. The predicted octanol–water partition coefficient (Wildman–Crippen LogP) is 5.44. The van der Waals surface area contributed by atoms with E-state index in [2.05, 4.69) is 20.7 Å². The first-order chi connectivity index (χ1) is 16.6. The minimum atomic E-state index is -0.537. The normalized spacial score (nSPS) is 14.8. The second kappa shape index (κ2) is 9.41. The molecule has 0 aliphatic carbocycles. The lowest BCUT2D eigenvalue weighted by atomic mass is 9.94. The highest BCUT2D eigenvalue weighted by Crippen LogP contribution is 2.39. The van der Waals surface area contributed by atoms with E-state index in [0.717, 1.165) is 11.1 Å². The van der Waals surface area contributed by atoms with Gasteiger partial charge in [-0.1, -0.05) is 66.2 Å². The second-order valence-electron chi connectivity index (χ2n) is 7.83. The topological polar surface area (TPSA) is 81.1 Å². The first-order valence-corrected chi connectivity index (χ1v) is 11.2. The minimum Gasteiger partial charge on any atom is -0.488 e. The fourth-order valence-electron chi connectivity index (χ4n) is 4.00. The molecule has 0 bridgehead atoms. The van der Waals surface area contributed by atoms with Gasteiger partial charge in [0.1, 0.15) is 24.7 Å². The summed E-state index contributed by atoms with van der Waals surface area (Å²) in [6, 6.07) is 24.0. The molecule has 1 aromatic heterocycles. The number of halogens is 1. The highest BCUT2D eigenvalue weighted by Gasteiger charge is 2.35. The number of ether oxygens (including phenoxy) is 1. The molecule has 1 atom stereocenters. The van der Waals surface area contributed by atoms with Gasteiger partial charge in [-0.05, 0) is 31.2 Å². The molecule has 0 fully saturated rings. The molecule has 2 N–H and O–H groups in total. The van der Waals surface area contributed by atoms with Gasteiger partial charge < -0.3 is 15.4 Å². The van der Waals surface area contributed by atoms with Gasteiger partial charge in [-0.15, -0.1) is 0 Å². The molecule has 0 unspecified atom stereocenters. The molecule has 8 heteroatoms. The lowest BCUT2D eigenvalue weighted by Crippen LogP contribution is -2.31. The highest BCUT2D eigenvalue weighted by molar-refractivity contribution is 6.31. The summed E-state index contributed by atoms with van der Waals surface area (Å²) < 4.78 is 7.91. The lowest BCUT2D eigenvalue weighted by molar-refractivity contribution is -0.113. The number of nitrogens with zero attached hydrogens (tertiary/aromatic N) is 3. The van der Waals surface area contributed by atoms with E-state index in [9.17, 15) is 4.79 Å². The van der Waals surface area contributed by atoms with Crippen LogP contribution in [0.4, 0.5) is 11.6 Å². The molecule has 1 amide bonds. The van der Waals surface area contributed by atoms with Gasteiger partial charge in [0, 0.05) is 27.5 Å². The molecule has 2 heterocycles. The molecule has 3 aromatic carbocycles. The Labute approximate surface area is 202 Å². The molecular weight excluding hydrogens is 450 g/mol. The van der Waals surface area contributed by atoms with Gasteiger partial charge in [0.15, 0.2) is 0 Å². The SMILES string of the molecule is CC1=C(C(=O)Nc2ccccc2)[C@H](c2ccccc2OCc2ccccc2Cl)n2ncnc2N1. The van der Waals surface area contributed by atoms with Gasteiger partial charge in [0.25, 0.3) is 5.91 Å². The Kier molecular flexibility index (Phi) is 6.01. The summed E-state index contributed by atoms with van der Waals surface area (Å²) in [7, 11) is 0. The van der Waals surface area contributed by atoms with Crippen LogP contribution in [0.1, 0.15) is 24.1 Å². The highest BCUT2D eigenvalue weighted by atomic mass is 35.5. The third kappa shape index (κ3) is 4.25. The van der Waals surface area contributed by atoms with Crippen molar-refractivity contribution in [3.05, 3.63) is 113 Å². The van der Waals surface area contributed by atoms with Crippen LogP contribution in [0.2, 0.25) is 5.02 Å². The molecule has 1 aliphatic rings. The molecule has 170 valence electrons. The standard InChI is InChI=1S/C26H22ClN5O2/c1-17-23(25(33)31-19-10-3-2-4-11-19)24(32-26(30-17)28-16-29-32)20-12-6-8-14-22(20)34-15-18-9-5-7-13-21(18)27/h2-14,16,24H,15H2,1H3,(H,31,33)(H,28,29,30)/t24-/m0/s1. The Morgan fingerprint density at radius 1 is 1.06 bits per heavy atom. The number of para-hydroxylation sites is 2. The van der Waals surface area contributed by atoms with Crippen molar-refractivity contribution in [1.82, 2.24) is 14.8 Å². The van der Waals surface area contributed by atoms with Crippen molar-refractivity contribution in [2.24, 2.45) is 0 Å². The summed E-state index contributed by atoms with van der Waals surface area (Å²) in [5, 5.41) is 11.2. The molecule has 7 nitrogen and oxygen atoms in total. The van der Waals surface area contributed by atoms with Crippen LogP contribution < -0.4 is 15.4 Å². The predicted molar refractivity (Wildman–Crippen MR) is 132 cm³/mol. The molecule has 34 heavy (non-hydrogen) atoms. The van der Waals surface area contributed by atoms with Gasteiger partial charge in [-0.25, -0.2) is 4.68 Å². The van der Waals surface area contributed by atoms with Crippen molar-refractivity contribution in [2.75, 3.05) is 10.6 Å². The van der Waals surface area contributed by atoms with E-state index in [4.69, 9.17) is 16.3 Å². The average Bonchev–Trinajstić information content (AvgIpc) is 3.31. The van der Waals surface area contributed by atoms with Crippen molar-refractivity contribution in [2.45, 2.75) is 19.6 Å². The third-order valence-corrected chi connectivity index (χ3v) is 5.99. The van der Waals surface area contributed by atoms with E-state index < -0.39 is 6.04 Å². The number of rotatable bonds is 6. The minimum absolute atomic E-state index is 0.233. The molecule has 0 saturated heterocycles. The summed E-state index contributed by atoms with van der Waals surface area (Å²) in [6.45, 7) is 2.15. The maximum absolute atomic E-state index is 13.5. The largest absolute Gasteiger partial charge is 0.488 e. The number of fused-ring (bicyclic) bond motifs is 1. The van der Waals surface area contributed by atoms with Crippen LogP contribution in [0.3, 0.4) is 0 Å².